The Kier molecular flexibility index (Phi) is 8.87. The van der Waals surface area contributed by atoms with Crippen molar-refractivity contribution in [3.8, 4) is 0 Å². The number of aromatic nitrogens is 2. The average Bonchev–Trinajstić information content (AvgIpc) is 3.35. The molecule has 4 rings (SSSR count). The van der Waals surface area contributed by atoms with Gasteiger partial charge in [0.2, 0.25) is 5.91 Å². The lowest BCUT2D eigenvalue weighted by molar-refractivity contribution is -0.141. The van der Waals surface area contributed by atoms with Gasteiger partial charge < -0.3 is 24.2 Å². The number of likely N-dealkylation sites (tertiary alicyclic amines) is 1. The number of rotatable bonds is 11. The summed E-state index contributed by atoms with van der Waals surface area (Å²) in [6, 6.07) is 0.645. The number of carbonyl (C=O) groups excluding carboxylic acids is 1. The van der Waals surface area contributed by atoms with E-state index in [1.165, 1.54) is 0 Å². The van der Waals surface area contributed by atoms with E-state index in [9.17, 15) is 9.90 Å². The van der Waals surface area contributed by atoms with E-state index in [4.69, 9.17) is 9.26 Å². The van der Waals surface area contributed by atoms with Gasteiger partial charge in [0.25, 0.3) is 0 Å². The summed E-state index contributed by atoms with van der Waals surface area (Å²) in [4.78, 5) is 20.6. The van der Waals surface area contributed by atoms with Gasteiger partial charge in [0.05, 0.1) is 12.7 Å². The normalized spacial score (nSPS) is 22.3. The molecule has 2 atom stereocenters. The highest BCUT2D eigenvalue weighted by Crippen LogP contribution is 2.31. The van der Waals surface area contributed by atoms with Crippen molar-refractivity contribution in [2.24, 2.45) is 17.8 Å². The Hall–Kier alpha value is -2.35. The summed E-state index contributed by atoms with van der Waals surface area (Å²) in [6.07, 6.45) is 13.2. The van der Waals surface area contributed by atoms with E-state index in [1.54, 1.807) is 4.90 Å². The standard InChI is InChI=1S/C27H42N4O4/c1-4-21(6-5-7-25(33)31-16-23(32)17-31)22-8-10-24(11-9-22)34-18-20-12-14-30(15-13-20)27-28-26(19(2)3)29-35-27/h8,10-11,19-23,32H,4-7,9,12-18H2,1-3H3. The Balaban J connectivity index is 1.13. The predicted molar refractivity (Wildman–Crippen MR) is 135 cm³/mol. The maximum atomic E-state index is 12.1. The molecule has 1 amide bonds. The molecule has 0 bridgehead atoms. The molecular weight excluding hydrogens is 444 g/mol. The minimum atomic E-state index is -0.319. The third-order valence-electron chi connectivity index (χ3n) is 7.73. The zero-order valence-electron chi connectivity index (χ0n) is 21.6. The summed E-state index contributed by atoms with van der Waals surface area (Å²) >= 11 is 0. The maximum absolute atomic E-state index is 12.1. The molecule has 3 heterocycles. The summed E-state index contributed by atoms with van der Waals surface area (Å²) in [7, 11) is 0. The summed E-state index contributed by atoms with van der Waals surface area (Å²) < 4.78 is 11.6. The number of aliphatic hydroxyl groups excluding tert-OH is 1. The highest BCUT2D eigenvalue weighted by molar-refractivity contribution is 5.77. The number of anilines is 1. The van der Waals surface area contributed by atoms with Gasteiger partial charge in [-0.2, -0.15) is 4.98 Å². The highest BCUT2D eigenvalue weighted by atomic mass is 16.5. The minimum Gasteiger partial charge on any atom is -0.494 e. The molecule has 1 aromatic heterocycles. The van der Waals surface area contributed by atoms with E-state index >= 15 is 0 Å². The molecule has 2 aliphatic heterocycles. The summed E-state index contributed by atoms with van der Waals surface area (Å²) in [6.45, 7) is 9.99. The molecule has 2 fully saturated rings. The molecule has 0 spiro atoms. The van der Waals surface area contributed by atoms with Crippen molar-refractivity contribution in [2.75, 3.05) is 37.7 Å². The Morgan fingerprint density at radius 3 is 2.66 bits per heavy atom. The Labute approximate surface area is 209 Å². The van der Waals surface area contributed by atoms with E-state index in [1.807, 2.05) is 0 Å². The molecular formula is C27H42N4O4. The third-order valence-corrected chi connectivity index (χ3v) is 7.73. The van der Waals surface area contributed by atoms with Crippen molar-refractivity contribution in [2.45, 2.75) is 77.7 Å². The van der Waals surface area contributed by atoms with Crippen molar-refractivity contribution < 1.29 is 19.2 Å². The number of nitrogens with zero attached hydrogens (tertiary/aromatic N) is 4. The van der Waals surface area contributed by atoms with Crippen molar-refractivity contribution in [3.63, 3.8) is 0 Å². The van der Waals surface area contributed by atoms with Crippen LogP contribution in [0.4, 0.5) is 6.01 Å². The molecule has 1 aliphatic carbocycles. The summed E-state index contributed by atoms with van der Waals surface area (Å²) in [5, 5.41) is 13.4. The SMILES string of the molecule is CCC(CCCC(=O)N1CC(O)C1)C1C=CC(OCC2CCN(c3nc(C(C)C)no3)CC2)=CC1. The number of carbonyl (C=O) groups is 1. The fourth-order valence-corrected chi connectivity index (χ4v) is 5.22. The number of aliphatic hydroxyl groups is 1. The topological polar surface area (TPSA) is 91.9 Å². The molecule has 8 nitrogen and oxygen atoms in total. The van der Waals surface area contributed by atoms with Crippen LogP contribution in [0.2, 0.25) is 0 Å². The molecule has 2 unspecified atom stereocenters. The number of allylic oxidation sites excluding steroid dienone is 3. The quantitative estimate of drug-likeness (QED) is 0.499. The van der Waals surface area contributed by atoms with Crippen molar-refractivity contribution >= 4 is 11.9 Å². The first-order valence-corrected chi connectivity index (χ1v) is 13.5. The first kappa shape index (κ1) is 25.7. The number of hydrogen-bond donors (Lipinski definition) is 1. The molecule has 194 valence electrons. The fourth-order valence-electron chi connectivity index (χ4n) is 5.22. The molecule has 2 saturated heterocycles. The maximum Gasteiger partial charge on any atom is 0.324 e. The number of hydrogen-bond acceptors (Lipinski definition) is 7. The Morgan fingerprint density at radius 1 is 1.29 bits per heavy atom. The monoisotopic (exact) mass is 486 g/mol. The lowest BCUT2D eigenvalue weighted by atomic mass is 9.81. The third kappa shape index (κ3) is 6.87. The predicted octanol–water partition coefficient (Wildman–Crippen LogP) is 4.29. The van der Waals surface area contributed by atoms with Crippen molar-refractivity contribution in [1.82, 2.24) is 15.0 Å². The van der Waals surface area contributed by atoms with Gasteiger partial charge in [-0.25, -0.2) is 0 Å². The number of ether oxygens (including phenoxy) is 1. The van der Waals surface area contributed by atoms with E-state index < -0.39 is 0 Å². The van der Waals surface area contributed by atoms with Crippen LogP contribution in [0.15, 0.2) is 28.5 Å². The molecule has 35 heavy (non-hydrogen) atoms. The van der Waals surface area contributed by atoms with Crippen LogP contribution in [-0.2, 0) is 9.53 Å². The first-order valence-electron chi connectivity index (χ1n) is 13.5. The van der Waals surface area contributed by atoms with Gasteiger partial charge in [0.15, 0.2) is 5.82 Å². The van der Waals surface area contributed by atoms with Gasteiger partial charge in [0.1, 0.15) is 5.76 Å². The van der Waals surface area contributed by atoms with Crippen LogP contribution in [0.5, 0.6) is 0 Å². The Bertz CT molecular complexity index is 881. The second-order valence-corrected chi connectivity index (χ2v) is 10.7. The second-order valence-electron chi connectivity index (χ2n) is 10.7. The van der Waals surface area contributed by atoms with E-state index in [0.717, 1.165) is 69.8 Å². The average molecular weight is 487 g/mol. The first-order chi connectivity index (χ1) is 16.9. The molecule has 0 saturated carbocycles. The molecule has 0 radical (unpaired) electrons. The van der Waals surface area contributed by atoms with Crippen LogP contribution in [0.3, 0.4) is 0 Å². The lowest BCUT2D eigenvalue weighted by Crippen LogP contribution is -2.53. The molecule has 1 N–H and O–H groups in total. The second kappa shape index (κ2) is 12.1. The number of piperidine rings is 1. The van der Waals surface area contributed by atoms with Gasteiger partial charge >= 0.3 is 6.01 Å². The summed E-state index contributed by atoms with van der Waals surface area (Å²) in [5.41, 5.74) is 0. The smallest absolute Gasteiger partial charge is 0.324 e. The largest absolute Gasteiger partial charge is 0.494 e. The zero-order chi connectivity index (χ0) is 24.8. The Morgan fingerprint density at radius 2 is 2.06 bits per heavy atom. The molecule has 1 aromatic rings. The minimum absolute atomic E-state index is 0.183. The van der Waals surface area contributed by atoms with Crippen molar-refractivity contribution in [3.05, 3.63) is 29.8 Å². The van der Waals surface area contributed by atoms with Crippen LogP contribution < -0.4 is 4.90 Å². The zero-order valence-corrected chi connectivity index (χ0v) is 21.6. The fraction of sp³-hybridized carbons (Fsp3) is 0.741. The summed E-state index contributed by atoms with van der Waals surface area (Å²) in [5.74, 6) is 3.86. The molecule has 8 heteroatoms. The van der Waals surface area contributed by atoms with Crippen LogP contribution in [0.1, 0.15) is 77.5 Å². The van der Waals surface area contributed by atoms with E-state index in [-0.39, 0.29) is 17.9 Å². The van der Waals surface area contributed by atoms with Crippen LogP contribution in [0.25, 0.3) is 0 Å². The number of β-amino-alcohol motifs (C(OH)–C–C–N with tert-alkyl or cyclic N) is 1. The van der Waals surface area contributed by atoms with Crippen LogP contribution >= 0.6 is 0 Å². The lowest BCUT2D eigenvalue weighted by Gasteiger charge is -2.36. The molecule has 0 aromatic carbocycles. The van der Waals surface area contributed by atoms with Gasteiger partial charge in [-0.05, 0) is 62.0 Å². The van der Waals surface area contributed by atoms with Gasteiger partial charge in [0, 0.05) is 38.5 Å². The highest BCUT2D eigenvalue weighted by Gasteiger charge is 2.29. The van der Waals surface area contributed by atoms with E-state index in [0.29, 0.717) is 43.3 Å². The molecule has 3 aliphatic rings. The number of amides is 1. The van der Waals surface area contributed by atoms with Crippen LogP contribution in [0, 0.1) is 17.8 Å². The van der Waals surface area contributed by atoms with E-state index in [2.05, 4.69) is 54.0 Å². The van der Waals surface area contributed by atoms with Crippen molar-refractivity contribution in [1.29, 1.82) is 0 Å². The van der Waals surface area contributed by atoms with Crippen LogP contribution in [-0.4, -0.2) is 64.9 Å². The van der Waals surface area contributed by atoms with Gasteiger partial charge in [-0.15, -0.1) is 0 Å². The van der Waals surface area contributed by atoms with Gasteiger partial charge in [-0.1, -0.05) is 38.4 Å². The van der Waals surface area contributed by atoms with Gasteiger partial charge in [-0.3, -0.25) is 4.79 Å².